The lowest BCUT2D eigenvalue weighted by atomic mass is 9.99. The molecular formula is C15H19N3O2. The highest BCUT2D eigenvalue weighted by atomic mass is 16.2. The van der Waals surface area contributed by atoms with Crippen molar-refractivity contribution in [1.82, 2.24) is 9.78 Å². The first-order valence-corrected chi connectivity index (χ1v) is 6.60. The summed E-state index contributed by atoms with van der Waals surface area (Å²) >= 11 is 0. The van der Waals surface area contributed by atoms with Crippen LogP contribution in [0.3, 0.4) is 0 Å². The minimum Gasteiger partial charge on any atom is -0.330 e. The van der Waals surface area contributed by atoms with E-state index in [-0.39, 0.29) is 17.0 Å². The molecule has 1 aromatic heterocycles. The van der Waals surface area contributed by atoms with Crippen molar-refractivity contribution in [3.63, 3.8) is 0 Å². The number of hydrogen-bond donors (Lipinski definition) is 2. The van der Waals surface area contributed by atoms with Gasteiger partial charge in [-0.25, -0.2) is 4.68 Å². The van der Waals surface area contributed by atoms with Crippen LogP contribution in [0.2, 0.25) is 0 Å². The Hall–Kier alpha value is -2.14. The standard InChI is InChI=1S/C15H19N3O2/c1-10-11(2)15(20)18(17-14(10)19)9-13(8-16)12-6-4-3-5-7-12/h3-7,13H,8-9,16H2,1-2H3,(H,17,19). The van der Waals surface area contributed by atoms with Crippen molar-refractivity contribution in [1.29, 1.82) is 0 Å². The Balaban J connectivity index is 2.39. The minimum atomic E-state index is -0.231. The molecule has 0 aliphatic carbocycles. The average molecular weight is 273 g/mol. The van der Waals surface area contributed by atoms with Gasteiger partial charge >= 0.3 is 0 Å². The summed E-state index contributed by atoms with van der Waals surface area (Å²) in [5, 5.41) is 2.61. The van der Waals surface area contributed by atoms with Gasteiger partial charge in [0.2, 0.25) is 0 Å². The lowest BCUT2D eigenvalue weighted by Crippen LogP contribution is -2.35. The molecule has 1 unspecified atom stereocenters. The number of aromatic nitrogens is 2. The van der Waals surface area contributed by atoms with Crippen LogP contribution in [0.25, 0.3) is 0 Å². The number of aromatic amines is 1. The van der Waals surface area contributed by atoms with Crippen molar-refractivity contribution >= 4 is 0 Å². The second-order valence-corrected chi connectivity index (χ2v) is 4.95. The van der Waals surface area contributed by atoms with Crippen LogP contribution in [0, 0.1) is 13.8 Å². The molecule has 0 fully saturated rings. The highest BCUT2D eigenvalue weighted by Crippen LogP contribution is 2.15. The largest absolute Gasteiger partial charge is 0.330 e. The fraction of sp³-hybridized carbons (Fsp3) is 0.333. The predicted octanol–water partition coefficient (Wildman–Crippen LogP) is 0.896. The van der Waals surface area contributed by atoms with Gasteiger partial charge in [0.05, 0.1) is 6.54 Å². The zero-order valence-electron chi connectivity index (χ0n) is 11.7. The van der Waals surface area contributed by atoms with Crippen LogP contribution in [-0.4, -0.2) is 16.3 Å². The lowest BCUT2D eigenvalue weighted by molar-refractivity contribution is 0.490. The molecule has 5 heteroatoms. The predicted molar refractivity (Wildman–Crippen MR) is 79.0 cm³/mol. The Morgan fingerprint density at radius 2 is 1.80 bits per heavy atom. The van der Waals surface area contributed by atoms with Gasteiger partial charge in [0.25, 0.3) is 11.1 Å². The fourth-order valence-electron chi connectivity index (χ4n) is 2.18. The van der Waals surface area contributed by atoms with E-state index in [0.717, 1.165) is 5.56 Å². The van der Waals surface area contributed by atoms with Gasteiger partial charge in [-0.15, -0.1) is 0 Å². The fourth-order valence-corrected chi connectivity index (χ4v) is 2.18. The molecule has 1 heterocycles. The van der Waals surface area contributed by atoms with E-state index in [1.165, 1.54) is 4.68 Å². The molecule has 0 radical (unpaired) electrons. The monoisotopic (exact) mass is 273 g/mol. The first kappa shape index (κ1) is 14.3. The summed E-state index contributed by atoms with van der Waals surface area (Å²) in [4.78, 5) is 23.9. The highest BCUT2D eigenvalue weighted by Gasteiger charge is 2.14. The minimum absolute atomic E-state index is 0.00773. The number of H-pyrrole nitrogens is 1. The summed E-state index contributed by atoms with van der Waals surface area (Å²) in [6.07, 6.45) is 0. The van der Waals surface area contributed by atoms with E-state index < -0.39 is 0 Å². The summed E-state index contributed by atoms with van der Waals surface area (Å²) < 4.78 is 1.36. The molecule has 1 atom stereocenters. The maximum atomic E-state index is 12.2. The molecule has 0 spiro atoms. The number of nitrogens with two attached hydrogens (primary N) is 1. The van der Waals surface area contributed by atoms with Crippen LogP contribution in [0.4, 0.5) is 0 Å². The van der Waals surface area contributed by atoms with Gasteiger partial charge in [-0.2, -0.15) is 0 Å². The van der Waals surface area contributed by atoms with Crippen LogP contribution in [0.5, 0.6) is 0 Å². The lowest BCUT2D eigenvalue weighted by Gasteiger charge is -2.17. The normalized spacial score (nSPS) is 12.3. The quantitative estimate of drug-likeness (QED) is 0.868. The maximum Gasteiger partial charge on any atom is 0.268 e. The first-order chi connectivity index (χ1) is 9.54. The van der Waals surface area contributed by atoms with Crippen LogP contribution in [0.15, 0.2) is 39.9 Å². The Morgan fingerprint density at radius 1 is 1.15 bits per heavy atom. The molecule has 20 heavy (non-hydrogen) atoms. The van der Waals surface area contributed by atoms with Gasteiger partial charge in [0.1, 0.15) is 0 Å². The van der Waals surface area contributed by atoms with Gasteiger partial charge in [-0.1, -0.05) is 30.3 Å². The molecule has 0 amide bonds. The van der Waals surface area contributed by atoms with Crippen LogP contribution in [0.1, 0.15) is 22.6 Å². The molecule has 0 saturated heterocycles. The second kappa shape index (κ2) is 5.88. The number of hydrogen-bond acceptors (Lipinski definition) is 3. The molecule has 5 nitrogen and oxygen atoms in total. The Bertz CT molecular complexity index is 701. The average Bonchev–Trinajstić information content (AvgIpc) is 2.48. The summed E-state index contributed by atoms with van der Waals surface area (Å²) in [5.41, 5.74) is 7.41. The SMILES string of the molecule is Cc1c(C)c(=O)n(CC(CN)c2ccccc2)[nH]c1=O. The zero-order chi connectivity index (χ0) is 14.7. The summed E-state index contributed by atoms with van der Waals surface area (Å²) in [7, 11) is 0. The van der Waals surface area contributed by atoms with E-state index in [9.17, 15) is 9.59 Å². The van der Waals surface area contributed by atoms with Crippen molar-refractivity contribution in [2.45, 2.75) is 26.3 Å². The van der Waals surface area contributed by atoms with Gasteiger partial charge < -0.3 is 5.73 Å². The summed E-state index contributed by atoms with van der Waals surface area (Å²) in [6, 6.07) is 9.75. The molecule has 0 bridgehead atoms. The maximum absolute atomic E-state index is 12.2. The number of benzene rings is 1. The molecule has 0 saturated carbocycles. The van der Waals surface area contributed by atoms with Crippen molar-refractivity contribution in [2.24, 2.45) is 5.73 Å². The van der Waals surface area contributed by atoms with Gasteiger partial charge in [0.15, 0.2) is 0 Å². The number of rotatable bonds is 4. The number of nitrogens with one attached hydrogen (secondary N) is 1. The second-order valence-electron chi connectivity index (χ2n) is 4.95. The van der Waals surface area contributed by atoms with Gasteiger partial charge in [-0.3, -0.25) is 14.7 Å². The third-order valence-corrected chi connectivity index (χ3v) is 3.66. The van der Waals surface area contributed by atoms with Crippen molar-refractivity contribution in [2.75, 3.05) is 6.54 Å². The van der Waals surface area contributed by atoms with E-state index in [1.807, 2.05) is 30.3 Å². The molecule has 2 rings (SSSR count). The van der Waals surface area contributed by atoms with Crippen LogP contribution < -0.4 is 16.9 Å². The highest BCUT2D eigenvalue weighted by molar-refractivity contribution is 5.21. The molecule has 2 aromatic rings. The van der Waals surface area contributed by atoms with Crippen molar-refractivity contribution < 1.29 is 0 Å². The van der Waals surface area contributed by atoms with Crippen LogP contribution in [-0.2, 0) is 6.54 Å². The molecule has 3 N–H and O–H groups in total. The van der Waals surface area contributed by atoms with E-state index >= 15 is 0 Å². The first-order valence-electron chi connectivity index (χ1n) is 6.60. The van der Waals surface area contributed by atoms with Crippen LogP contribution >= 0.6 is 0 Å². The van der Waals surface area contributed by atoms with Crippen molar-refractivity contribution in [3.05, 3.63) is 67.7 Å². The summed E-state index contributed by atoms with van der Waals surface area (Å²) in [5.74, 6) is -0.00773. The Labute approximate surface area is 117 Å². The van der Waals surface area contributed by atoms with Crippen molar-refractivity contribution in [3.8, 4) is 0 Å². The Kier molecular flexibility index (Phi) is 4.20. The molecule has 0 aliphatic rings. The molecule has 106 valence electrons. The molecule has 1 aromatic carbocycles. The van der Waals surface area contributed by atoms with E-state index in [2.05, 4.69) is 5.10 Å². The third-order valence-electron chi connectivity index (χ3n) is 3.66. The topological polar surface area (TPSA) is 80.9 Å². The number of nitrogens with zero attached hydrogens (tertiary/aromatic N) is 1. The zero-order valence-corrected chi connectivity index (χ0v) is 11.7. The van der Waals surface area contributed by atoms with Gasteiger partial charge in [0, 0.05) is 23.6 Å². The third kappa shape index (κ3) is 2.72. The van der Waals surface area contributed by atoms with Gasteiger partial charge in [-0.05, 0) is 19.4 Å². The van der Waals surface area contributed by atoms with E-state index in [4.69, 9.17) is 5.73 Å². The molecule has 0 aliphatic heterocycles. The Morgan fingerprint density at radius 3 is 2.40 bits per heavy atom. The smallest absolute Gasteiger partial charge is 0.268 e. The van der Waals surface area contributed by atoms with E-state index in [1.54, 1.807) is 13.8 Å². The van der Waals surface area contributed by atoms with E-state index in [0.29, 0.717) is 24.2 Å². The molecular weight excluding hydrogens is 254 g/mol. The summed E-state index contributed by atoms with van der Waals surface area (Å²) in [6.45, 7) is 4.10.